The van der Waals surface area contributed by atoms with Gasteiger partial charge >= 0.3 is 6.55 Å². The largest absolute Gasteiger partial charge is 0.396 e. The van der Waals surface area contributed by atoms with Gasteiger partial charge < -0.3 is 10.0 Å². The van der Waals surface area contributed by atoms with Crippen LogP contribution in [0.1, 0.15) is 41.1 Å². The normalized spacial score (nSPS) is 15.2. The van der Waals surface area contributed by atoms with Gasteiger partial charge in [0.05, 0.1) is 0 Å². The average Bonchev–Trinajstić information content (AvgIpc) is 3.04. The highest BCUT2D eigenvalue weighted by molar-refractivity contribution is 5.95. The van der Waals surface area contributed by atoms with Crippen LogP contribution in [-0.2, 0) is 0 Å². The first kappa shape index (κ1) is 19.1. The zero-order valence-electron chi connectivity index (χ0n) is 15.0. The maximum atomic E-state index is 13.2. The summed E-state index contributed by atoms with van der Waals surface area (Å²) in [5, 5.41) is 18.3. The van der Waals surface area contributed by atoms with Crippen LogP contribution in [0.4, 0.5) is 8.78 Å². The third-order valence-electron chi connectivity index (χ3n) is 5.18. The van der Waals surface area contributed by atoms with Crippen molar-refractivity contribution in [3.8, 4) is 17.2 Å². The first-order chi connectivity index (χ1) is 13.0. The number of likely N-dealkylation sites (tertiary alicyclic amines) is 1. The summed E-state index contributed by atoms with van der Waals surface area (Å²) >= 11 is 0. The topological polar surface area (TPSA) is 69.3 Å². The molecule has 0 radical (unpaired) electrons. The molecule has 5 nitrogen and oxygen atoms in total. The van der Waals surface area contributed by atoms with Crippen molar-refractivity contribution in [2.75, 3.05) is 19.7 Å². The van der Waals surface area contributed by atoms with Crippen LogP contribution in [0.25, 0.3) is 11.1 Å². The number of aliphatic hydroxyl groups is 1. The zero-order chi connectivity index (χ0) is 19.6. The molecule has 0 unspecified atom stereocenters. The Hall–Kier alpha value is -2.72. The Labute approximate surface area is 156 Å². The quantitative estimate of drug-likeness (QED) is 0.891. The average molecular weight is 373 g/mol. The Balaban J connectivity index is 1.89. The number of hydrogen-bond acceptors (Lipinski definition) is 3. The van der Waals surface area contributed by atoms with Crippen molar-refractivity contribution in [1.29, 1.82) is 5.26 Å². The Kier molecular flexibility index (Phi) is 5.57. The van der Waals surface area contributed by atoms with Crippen molar-refractivity contribution < 1.29 is 18.7 Å². The number of nitriles is 1. The third kappa shape index (κ3) is 3.71. The van der Waals surface area contributed by atoms with Gasteiger partial charge in [-0.05, 0) is 49.4 Å². The highest BCUT2D eigenvalue weighted by atomic mass is 19.3. The van der Waals surface area contributed by atoms with Crippen molar-refractivity contribution in [3.63, 3.8) is 0 Å². The molecule has 0 aliphatic carbocycles. The van der Waals surface area contributed by atoms with E-state index < -0.39 is 6.55 Å². The Morgan fingerprint density at radius 1 is 1.33 bits per heavy atom. The van der Waals surface area contributed by atoms with Crippen molar-refractivity contribution in [3.05, 3.63) is 47.3 Å². The van der Waals surface area contributed by atoms with Gasteiger partial charge in [0.1, 0.15) is 11.8 Å². The van der Waals surface area contributed by atoms with Crippen LogP contribution in [0.5, 0.6) is 0 Å². The number of amides is 1. The molecule has 1 N–H and O–H groups in total. The van der Waals surface area contributed by atoms with E-state index in [0.29, 0.717) is 34.3 Å². The van der Waals surface area contributed by atoms with Crippen LogP contribution in [0.2, 0.25) is 0 Å². The molecule has 1 aliphatic heterocycles. The fraction of sp³-hybridized carbons (Fsp3) is 0.400. The summed E-state index contributed by atoms with van der Waals surface area (Å²) in [7, 11) is 0. The van der Waals surface area contributed by atoms with Crippen molar-refractivity contribution in [2.45, 2.75) is 26.3 Å². The predicted molar refractivity (Wildman–Crippen MR) is 96.3 cm³/mol. The van der Waals surface area contributed by atoms with Crippen LogP contribution in [0, 0.1) is 24.2 Å². The fourth-order valence-electron chi connectivity index (χ4n) is 3.57. The van der Waals surface area contributed by atoms with E-state index in [9.17, 15) is 18.7 Å². The number of carbonyl (C=O) groups excluding carboxylic acids is 1. The molecule has 142 valence electrons. The summed E-state index contributed by atoms with van der Waals surface area (Å²) in [6.45, 7) is 0.0581. The number of hydrogen-bond donors (Lipinski definition) is 1. The monoisotopic (exact) mass is 373 g/mol. The van der Waals surface area contributed by atoms with Crippen molar-refractivity contribution in [2.24, 2.45) is 5.92 Å². The maximum absolute atomic E-state index is 13.2. The number of rotatable bonds is 4. The second-order valence-corrected chi connectivity index (χ2v) is 6.79. The van der Waals surface area contributed by atoms with Crippen molar-refractivity contribution in [1.82, 2.24) is 9.47 Å². The maximum Gasteiger partial charge on any atom is 0.319 e. The number of aliphatic hydroxyl groups excluding tert-OH is 1. The third-order valence-corrected chi connectivity index (χ3v) is 5.18. The van der Waals surface area contributed by atoms with Crippen LogP contribution >= 0.6 is 0 Å². The van der Waals surface area contributed by atoms with E-state index in [2.05, 4.69) is 0 Å². The molecule has 2 aromatic rings. The van der Waals surface area contributed by atoms with E-state index >= 15 is 0 Å². The minimum atomic E-state index is -2.80. The van der Waals surface area contributed by atoms with E-state index in [0.717, 1.165) is 12.8 Å². The number of nitrogens with zero attached hydrogens (tertiary/aromatic N) is 3. The molecule has 2 heterocycles. The molecule has 3 rings (SSSR count). The second-order valence-electron chi connectivity index (χ2n) is 6.79. The number of alkyl halides is 2. The number of aromatic nitrogens is 1. The molecule has 1 aliphatic rings. The van der Waals surface area contributed by atoms with Gasteiger partial charge in [-0.25, -0.2) is 0 Å². The molecule has 0 atom stereocenters. The van der Waals surface area contributed by atoms with Crippen LogP contribution in [0.3, 0.4) is 0 Å². The molecule has 0 saturated carbocycles. The summed E-state index contributed by atoms with van der Waals surface area (Å²) in [5.41, 5.74) is 1.80. The molecular weight excluding hydrogens is 352 g/mol. The first-order valence-corrected chi connectivity index (χ1v) is 8.87. The molecule has 1 saturated heterocycles. The Morgan fingerprint density at radius 3 is 2.59 bits per heavy atom. The number of halogens is 2. The standard InChI is InChI=1S/C20H21F2N3O2/c1-13-18(10-17(11-23)25(13)20(21)22)15-3-2-4-16(9-15)19(27)24-7-5-14(12-26)6-8-24/h2-4,9-10,14,20,26H,5-8,12H2,1H3. The lowest BCUT2D eigenvalue weighted by Gasteiger charge is -2.31. The smallest absolute Gasteiger partial charge is 0.319 e. The molecule has 1 aromatic heterocycles. The van der Waals surface area contributed by atoms with Gasteiger partial charge in [0.15, 0.2) is 0 Å². The Bertz CT molecular complexity index is 878. The van der Waals surface area contributed by atoms with E-state index in [1.165, 1.54) is 13.0 Å². The van der Waals surface area contributed by atoms with Gasteiger partial charge in [0.25, 0.3) is 5.91 Å². The SMILES string of the molecule is Cc1c(-c2cccc(C(=O)N3CCC(CO)CC3)c2)cc(C#N)n1C(F)F. The lowest BCUT2D eigenvalue weighted by atomic mass is 9.97. The van der Waals surface area contributed by atoms with Gasteiger partial charge in [-0.2, -0.15) is 14.0 Å². The van der Waals surface area contributed by atoms with E-state index in [-0.39, 0.29) is 29.8 Å². The lowest BCUT2D eigenvalue weighted by molar-refractivity contribution is 0.0649. The second kappa shape index (κ2) is 7.89. The van der Waals surface area contributed by atoms with Gasteiger partial charge in [-0.15, -0.1) is 0 Å². The molecule has 1 fully saturated rings. The minimum Gasteiger partial charge on any atom is -0.396 e. The Morgan fingerprint density at radius 2 is 2.04 bits per heavy atom. The highest BCUT2D eigenvalue weighted by Crippen LogP contribution is 2.31. The van der Waals surface area contributed by atoms with Crippen LogP contribution < -0.4 is 0 Å². The molecule has 0 bridgehead atoms. The molecular formula is C20H21F2N3O2. The van der Waals surface area contributed by atoms with Gasteiger partial charge in [-0.1, -0.05) is 12.1 Å². The number of piperidine rings is 1. The lowest BCUT2D eigenvalue weighted by Crippen LogP contribution is -2.39. The van der Waals surface area contributed by atoms with E-state index in [1.807, 2.05) is 0 Å². The minimum absolute atomic E-state index is 0.111. The van der Waals surface area contributed by atoms with Crippen LogP contribution in [0.15, 0.2) is 30.3 Å². The van der Waals surface area contributed by atoms with Crippen molar-refractivity contribution >= 4 is 5.91 Å². The number of benzene rings is 1. The zero-order valence-corrected chi connectivity index (χ0v) is 15.0. The van der Waals surface area contributed by atoms with Gasteiger partial charge in [0.2, 0.25) is 0 Å². The van der Waals surface area contributed by atoms with E-state index in [4.69, 9.17) is 5.26 Å². The predicted octanol–water partition coefficient (Wildman–Crippen LogP) is 3.57. The molecule has 1 aromatic carbocycles. The van der Waals surface area contributed by atoms with Crippen LogP contribution in [-0.4, -0.2) is 40.2 Å². The molecule has 27 heavy (non-hydrogen) atoms. The van der Waals surface area contributed by atoms with Gasteiger partial charge in [-0.3, -0.25) is 9.36 Å². The molecule has 1 amide bonds. The van der Waals surface area contributed by atoms with E-state index in [1.54, 1.807) is 35.2 Å². The summed E-state index contributed by atoms with van der Waals surface area (Å²) in [4.78, 5) is 14.5. The summed E-state index contributed by atoms with van der Waals surface area (Å²) in [6.07, 6.45) is 1.54. The fourth-order valence-corrected chi connectivity index (χ4v) is 3.57. The summed E-state index contributed by atoms with van der Waals surface area (Å²) < 4.78 is 27.2. The molecule has 0 spiro atoms. The number of carbonyl (C=O) groups is 1. The molecule has 7 heteroatoms. The van der Waals surface area contributed by atoms with Gasteiger partial charge in [0, 0.05) is 36.5 Å². The highest BCUT2D eigenvalue weighted by Gasteiger charge is 2.24. The first-order valence-electron chi connectivity index (χ1n) is 8.87. The summed E-state index contributed by atoms with van der Waals surface area (Å²) in [6, 6.07) is 10.1. The summed E-state index contributed by atoms with van der Waals surface area (Å²) in [5.74, 6) is 0.126.